The van der Waals surface area contributed by atoms with Crippen molar-refractivity contribution in [1.29, 1.82) is 0 Å². The molecule has 0 fully saturated rings. The zero-order chi connectivity index (χ0) is 39.3. The van der Waals surface area contributed by atoms with Crippen molar-refractivity contribution in [2.24, 2.45) is 0 Å². The lowest BCUT2D eigenvalue weighted by Gasteiger charge is -2.45. The summed E-state index contributed by atoms with van der Waals surface area (Å²) >= 11 is 0. The van der Waals surface area contributed by atoms with Gasteiger partial charge in [-0.1, -0.05) is 91.0 Å². The van der Waals surface area contributed by atoms with E-state index in [-0.39, 0.29) is 13.4 Å². The quantitative estimate of drug-likeness (QED) is 0.172. The molecule has 0 saturated heterocycles. The summed E-state index contributed by atoms with van der Waals surface area (Å²) in [6.45, 7) is -0.343. The molecule has 0 spiro atoms. The number of nitrogens with zero attached hydrogens (tertiary/aromatic N) is 8. The molecule has 4 aromatic heterocycles. The van der Waals surface area contributed by atoms with Crippen LogP contribution in [0.1, 0.15) is 0 Å². The fourth-order valence-electron chi connectivity index (χ4n) is 10.1. The van der Waals surface area contributed by atoms with E-state index in [9.17, 15) is 0 Å². The van der Waals surface area contributed by atoms with Gasteiger partial charge in [-0.2, -0.15) is 0 Å². The van der Waals surface area contributed by atoms with E-state index >= 15 is 0 Å². The summed E-state index contributed by atoms with van der Waals surface area (Å²) < 4.78 is 0. The van der Waals surface area contributed by atoms with Crippen molar-refractivity contribution in [2.45, 2.75) is 0 Å². The van der Waals surface area contributed by atoms with Crippen LogP contribution in [0, 0.1) is 0 Å². The maximum atomic E-state index is 5.93. The maximum absolute atomic E-state index is 5.93. The second-order valence-electron chi connectivity index (χ2n) is 15.5. The molecule has 5 aromatic carbocycles. The van der Waals surface area contributed by atoms with Crippen LogP contribution in [0.3, 0.4) is 0 Å². The molecular weight excluding hydrogens is 734 g/mol. The predicted molar refractivity (Wildman–Crippen MR) is 246 cm³/mol. The van der Waals surface area contributed by atoms with Crippen LogP contribution >= 0.6 is 0 Å². The molecule has 13 rings (SSSR count). The van der Waals surface area contributed by atoms with Crippen LogP contribution in [-0.4, -0.2) is 33.4 Å². The molecule has 8 nitrogen and oxygen atoms in total. The Kier molecular flexibility index (Phi) is 7.03. The van der Waals surface area contributed by atoms with E-state index in [0.717, 1.165) is 96.1 Å². The van der Waals surface area contributed by atoms with E-state index in [1.807, 2.05) is 24.7 Å². The average Bonchev–Trinajstić information content (AvgIpc) is 3.32. The second-order valence-corrected chi connectivity index (χ2v) is 15.5. The van der Waals surface area contributed by atoms with E-state index in [0.29, 0.717) is 0 Å². The Morgan fingerprint density at radius 2 is 0.850 bits per heavy atom. The Hall–Kier alpha value is -7.97. The predicted octanol–water partition coefficient (Wildman–Crippen LogP) is 7.43. The Morgan fingerprint density at radius 1 is 0.333 bits per heavy atom. The summed E-state index contributed by atoms with van der Waals surface area (Å²) in [5, 5.41) is 0. The van der Waals surface area contributed by atoms with Crippen LogP contribution in [0.2, 0.25) is 0 Å². The number of aromatic nitrogens is 4. The number of para-hydroxylation sites is 4. The van der Waals surface area contributed by atoms with Crippen LogP contribution in [0.15, 0.2) is 195 Å². The molecule has 8 heterocycles. The van der Waals surface area contributed by atoms with Gasteiger partial charge in [-0.05, 0) is 112 Å². The van der Waals surface area contributed by atoms with E-state index < -0.39 is 0 Å². The first kappa shape index (κ1) is 33.0. The number of rotatable bonds is 4. The van der Waals surface area contributed by atoms with Crippen molar-refractivity contribution in [3.05, 3.63) is 195 Å². The van der Waals surface area contributed by atoms with Gasteiger partial charge in [0.25, 0.3) is 13.4 Å². The normalized spacial score (nSPS) is 13.8. The highest BCUT2D eigenvalue weighted by Gasteiger charge is 2.49. The van der Waals surface area contributed by atoms with Gasteiger partial charge in [0.1, 0.15) is 23.3 Å². The molecule has 0 N–H and O–H groups in total. The van der Waals surface area contributed by atoms with Crippen LogP contribution in [-0.2, 0) is 0 Å². The Labute approximate surface area is 347 Å². The van der Waals surface area contributed by atoms with Gasteiger partial charge in [0.05, 0.1) is 0 Å². The third-order valence-corrected chi connectivity index (χ3v) is 12.4. The number of anilines is 12. The van der Waals surface area contributed by atoms with Crippen molar-refractivity contribution in [2.75, 3.05) is 19.6 Å². The summed E-state index contributed by atoms with van der Waals surface area (Å²) in [4.78, 5) is 30.3. The number of benzene rings is 5. The topological polar surface area (TPSA) is 64.5 Å². The van der Waals surface area contributed by atoms with Gasteiger partial charge >= 0.3 is 0 Å². The molecule has 0 radical (unpaired) electrons. The summed E-state index contributed by atoms with van der Waals surface area (Å²) in [7, 11) is 0. The van der Waals surface area contributed by atoms with Crippen molar-refractivity contribution in [3.8, 4) is 0 Å². The molecule has 0 bridgehead atoms. The second kappa shape index (κ2) is 12.8. The van der Waals surface area contributed by atoms with Crippen molar-refractivity contribution < 1.29 is 0 Å². The molecule has 0 saturated carbocycles. The molecule has 4 aliphatic rings. The Bertz CT molecular complexity index is 2940. The standard InChI is InChI=1S/C50H32B2N8/c1-5-15-33(16-6-1)57-41-26-29-53-32-40(41)52-39-31-38-48(56-49(39)58(34-17-7-2-8-18-34)43-25-13-24-42(57)45(43)52)59(35-19-9-3-10-20-35)44-27-30-55-50-46(44)51(38)37-23-14-28-54-47(37)60(50)36-21-11-4-12-22-36/h1-32H. The summed E-state index contributed by atoms with van der Waals surface area (Å²) in [5.41, 5.74) is 15.4. The monoisotopic (exact) mass is 766 g/mol. The van der Waals surface area contributed by atoms with E-state index in [4.69, 9.17) is 19.9 Å². The lowest BCUT2D eigenvalue weighted by Crippen LogP contribution is -2.66. The van der Waals surface area contributed by atoms with Crippen molar-refractivity contribution in [3.63, 3.8) is 0 Å². The minimum Gasteiger partial charge on any atom is -0.311 e. The van der Waals surface area contributed by atoms with Crippen LogP contribution in [0.5, 0.6) is 0 Å². The van der Waals surface area contributed by atoms with Crippen LogP contribution < -0.4 is 52.4 Å². The fourth-order valence-corrected chi connectivity index (χ4v) is 10.1. The van der Waals surface area contributed by atoms with Gasteiger partial charge in [0.15, 0.2) is 0 Å². The van der Waals surface area contributed by atoms with E-state index in [1.165, 1.54) is 5.46 Å². The lowest BCUT2D eigenvalue weighted by molar-refractivity contribution is 1.11. The molecule has 60 heavy (non-hydrogen) atoms. The molecule has 10 heteroatoms. The first-order valence-corrected chi connectivity index (χ1v) is 20.3. The summed E-state index contributed by atoms with van der Waals surface area (Å²) in [6.07, 6.45) is 7.77. The number of pyridine rings is 4. The smallest absolute Gasteiger partial charge is 0.258 e. The first-order chi connectivity index (χ1) is 29.8. The SMILES string of the molecule is c1ccc(N2c3ccncc3B3c4cc5c(nc4N(c4ccccc4)c4cccc2c43)N(c2ccccc2)c2ccnc3c2B5c2cccnc2N3c2ccccc2)cc1. The first-order valence-electron chi connectivity index (χ1n) is 20.3. The maximum Gasteiger partial charge on any atom is 0.258 e. The molecular formula is C50H32B2N8. The number of hydrogen-bond donors (Lipinski definition) is 0. The van der Waals surface area contributed by atoms with Crippen LogP contribution in [0.25, 0.3) is 0 Å². The largest absolute Gasteiger partial charge is 0.311 e. The number of fused-ring (bicyclic) bond motifs is 8. The third kappa shape index (κ3) is 4.58. The van der Waals surface area contributed by atoms with Gasteiger partial charge in [-0.15, -0.1) is 0 Å². The zero-order valence-electron chi connectivity index (χ0n) is 32.2. The highest BCUT2D eigenvalue weighted by atomic mass is 15.3. The molecule has 0 atom stereocenters. The van der Waals surface area contributed by atoms with E-state index in [1.54, 1.807) is 0 Å². The highest BCUT2D eigenvalue weighted by Crippen LogP contribution is 2.46. The Balaban J connectivity index is 1.14. The zero-order valence-corrected chi connectivity index (χ0v) is 32.2. The molecule has 278 valence electrons. The third-order valence-electron chi connectivity index (χ3n) is 12.4. The van der Waals surface area contributed by atoms with Crippen LogP contribution in [0.4, 0.5) is 68.8 Å². The summed E-state index contributed by atoms with van der Waals surface area (Å²) in [5.74, 6) is 3.51. The fraction of sp³-hybridized carbons (Fsp3) is 0. The molecule has 4 aliphatic heterocycles. The average molecular weight is 766 g/mol. The molecule has 0 aliphatic carbocycles. The highest BCUT2D eigenvalue weighted by molar-refractivity contribution is 7.03. The van der Waals surface area contributed by atoms with Gasteiger partial charge in [0, 0.05) is 70.3 Å². The summed E-state index contributed by atoms with van der Waals surface area (Å²) in [6, 6.07) is 60.1. The minimum atomic E-state index is -0.195. The lowest BCUT2D eigenvalue weighted by atomic mass is 9.31. The minimum absolute atomic E-state index is 0.148. The van der Waals surface area contributed by atoms with Gasteiger partial charge in [0.2, 0.25) is 0 Å². The molecule has 9 aromatic rings. The molecule has 0 unspecified atom stereocenters. The molecule has 0 amide bonds. The van der Waals surface area contributed by atoms with E-state index in [2.05, 4.69) is 190 Å². The number of hydrogen-bond acceptors (Lipinski definition) is 8. The van der Waals surface area contributed by atoms with Gasteiger partial charge in [-0.3, -0.25) is 19.7 Å². The Morgan fingerprint density at radius 3 is 1.48 bits per heavy atom. The van der Waals surface area contributed by atoms with Gasteiger partial charge < -0.3 is 4.90 Å². The van der Waals surface area contributed by atoms with Crippen molar-refractivity contribution >= 4 is 115 Å². The van der Waals surface area contributed by atoms with Gasteiger partial charge in [-0.25, -0.2) is 15.0 Å². The van der Waals surface area contributed by atoms with Crippen molar-refractivity contribution in [1.82, 2.24) is 19.9 Å².